The van der Waals surface area contributed by atoms with Gasteiger partial charge in [0, 0.05) is 25.9 Å². The highest BCUT2D eigenvalue weighted by atomic mass is 16.5. The first-order valence-electron chi connectivity index (χ1n) is 7.01. The van der Waals surface area contributed by atoms with Crippen LogP contribution in [0.5, 0.6) is 0 Å². The summed E-state index contributed by atoms with van der Waals surface area (Å²) in [6, 6.07) is 0.367. The summed E-state index contributed by atoms with van der Waals surface area (Å²) in [6.45, 7) is 6.73. The predicted molar refractivity (Wildman–Crippen MR) is 70.1 cm³/mol. The van der Waals surface area contributed by atoms with Crippen molar-refractivity contribution in [3.8, 4) is 0 Å². The number of carbonyl (C=O) groups excluding carboxylic acids is 2. The molecule has 1 aliphatic carbocycles. The molecule has 4 nitrogen and oxygen atoms in total. The molecule has 4 heteroatoms. The lowest BCUT2D eigenvalue weighted by Crippen LogP contribution is -2.41. The molecule has 1 rings (SSSR count). The van der Waals surface area contributed by atoms with E-state index in [2.05, 4.69) is 0 Å². The van der Waals surface area contributed by atoms with Crippen LogP contribution in [0.4, 0.5) is 0 Å². The average molecular weight is 255 g/mol. The van der Waals surface area contributed by atoms with E-state index < -0.39 is 0 Å². The number of hydrogen-bond donors (Lipinski definition) is 0. The molecule has 1 aliphatic rings. The van der Waals surface area contributed by atoms with Crippen molar-refractivity contribution in [2.75, 3.05) is 13.2 Å². The third-order valence-corrected chi connectivity index (χ3v) is 3.76. The van der Waals surface area contributed by atoms with E-state index in [9.17, 15) is 9.59 Å². The molecule has 0 atom stereocenters. The number of rotatable bonds is 5. The van der Waals surface area contributed by atoms with Gasteiger partial charge >= 0.3 is 5.97 Å². The summed E-state index contributed by atoms with van der Waals surface area (Å²) >= 11 is 0. The average Bonchev–Trinajstić information content (AvgIpc) is 2.32. The fourth-order valence-electron chi connectivity index (χ4n) is 2.85. The molecule has 0 aromatic heterocycles. The molecule has 0 spiro atoms. The van der Waals surface area contributed by atoms with E-state index >= 15 is 0 Å². The number of hydrogen-bond acceptors (Lipinski definition) is 3. The second-order valence-corrected chi connectivity index (χ2v) is 4.99. The van der Waals surface area contributed by atoms with Gasteiger partial charge in [-0.2, -0.15) is 0 Å². The number of amides is 1. The molecule has 1 amide bonds. The fourth-order valence-corrected chi connectivity index (χ4v) is 2.85. The van der Waals surface area contributed by atoms with E-state index in [1.807, 2.05) is 18.7 Å². The minimum absolute atomic E-state index is 0.0835. The largest absolute Gasteiger partial charge is 0.466 e. The van der Waals surface area contributed by atoms with Crippen LogP contribution in [0.25, 0.3) is 0 Å². The minimum Gasteiger partial charge on any atom is -0.466 e. The van der Waals surface area contributed by atoms with Crippen LogP contribution in [-0.4, -0.2) is 36.0 Å². The number of esters is 1. The lowest BCUT2D eigenvalue weighted by Gasteiger charge is -2.35. The van der Waals surface area contributed by atoms with Gasteiger partial charge < -0.3 is 9.64 Å². The second-order valence-electron chi connectivity index (χ2n) is 4.99. The molecule has 18 heavy (non-hydrogen) atoms. The van der Waals surface area contributed by atoms with Gasteiger partial charge in [-0.1, -0.05) is 0 Å². The van der Waals surface area contributed by atoms with Crippen LogP contribution in [0.15, 0.2) is 0 Å². The molecule has 0 aromatic carbocycles. The summed E-state index contributed by atoms with van der Waals surface area (Å²) in [4.78, 5) is 24.8. The SMILES string of the molecule is CCOC(=O)C[C@H]1CC[C@H](N(CC)C(C)=O)CC1. The van der Waals surface area contributed by atoms with Crippen molar-refractivity contribution in [2.45, 2.75) is 58.9 Å². The Morgan fingerprint density at radius 3 is 2.22 bits per heavy atom. The summed E-state index contributed by atoms with van der Waals surface area (Å²) in [5.41, 5.74) is 0. The van der Waals surface area contributed by atoms with Gasteiger partial charge in [0.15, 0.2) is 0 Å². The Bertz CT molecular complexity index is 283. The summed E-state index contributed by atoms with van der Waals surface area (Å²) < 4.78 is 4.97. The standard InChI is InChI=1S/C14H25NO3/c1-4-15(11(3)16)13-8-6-12(7-9-13)10-14(17)18-5-2/h12-13H,4-10H2,1-3H3/t12-,13-. The van der Waals surface area contributed by atoms with Crippen LogP contribution in [0.3, 0.4) is 0 Å². The quantitative estimate of drug-likeness (QED) is 0.708. The van der Waals surface area contributed by atoms with E-state index in [-0.39, 0.29) is 11.9 Å². The zero-order chi connectivity index (χ0) is 13.5. The topological polar surface area (TPSA) is 46.6 Å². The molecule has 0 bridgehead atoms. The highest BCUT2D eigenvalue weighted by molar-refractivity contribution is 5.73. The zero-order valence-electron chi connectivity index (χ0n) is 11.8. The van der Waals surface area contributed by atoms with E-state index in [1.54, 1.807) is 6.92 Å². The van der Waals surface area contributed by atoms with Gasteiger partial charge in [0.1, 0.15) is 0 Å². The molecule has 0 N–H and O–H groups in total. The van der Waals surface area contributed by atoms with Crippen molar-refractivity contribution in [1.29, 1.82) is 0 Å². The molecule has 0 aliphatic heterocycles. The summed E-state index contributed by atoms with van der Waals surface area (Å²) in [7, 11) is 0. The Kier molecular flexibility index (Phi) is 6.16. The van der Waals surface area contributed by atoms with E-state index in [4.69, 9.17) is 4.74 Å². The third-order valence-electron chi connectivity index (χ3n) is 3.76. The van der Waals surface area contributed by atoms with Gasteiger partial charge in [-0.15, -0.1) is 0 Å². The number of carbonyl (C=O) groups is 2. The highest BCUT2D eigenvalue weighted by Crippen LogP contribution is 2.29. The molecule has 0 radical (unpaired) electrons. The Hall–Kier alpha value is -1.06. The van der Waals surface area contributed by atoms with Crippen LogP contribution in [0, 0.1) is 5.92 Å². The Labute approximate surface area is 110 Å². The van der Waals surface area contributed by atoms with Crippen LogP contribution in [0.2, 0.25) is 0 Å². The summed E-state index contributed by atoms with van der Waals surface area (Å²) in [5, 5.41) is 0. The first-order chi connectivity index (χ1) is 8.58. The van der Waals surface area contributed by atoms with E-state index in [1.165, 1.54) is 0 Å². The van der Waals surface area contributed by atoms with Gasteiger partial charge in [-0.25, -0.2) is 0 Å². The van der Waals surface area contributed by atoms with Crippen molar-refractivity contribution in [3.05, 3.63) is 0 Å². The molecule has 0 heterocycles. The molecule has 1 fully saturated rings. The smallest absolute Gasteiger partial charge is 0.306 e. The van der Waals surface area contributed by atoms with Crippen molar-refractivity contribution in [2.24, 2.45) is 5.92 Å². The molecular weight excluding hydrogens is 230 g/mol. The predicted octanol–water partition coefficient (Wildman–Crippen LogP) is 2.37. The number of nitrogens with zero attached hydrogens (tertiary/aromatic N) is 1. The lowest BCUT2D eigenvalue weighted by molar-refractivity contribution is -0.145. The van der Waals surface area contributed by atoms with Gasteiger partial charge in [-0.05, 0) is 45.4 Å². The molecular formula is C14H25NO3. The van der Waals surface area contributed by atoms with Crippen molar-refractivity contribution >= 4 is 11.9 Å². The maximum atomic E-state index is 11.5. The first-order valence-corrected chi connectivity index (χ1v) is 7.01. The summed E-state index contributed by atoms with van der Waals surface area (Å²) in [5.74, 6) is 0.511. The van der Waals surface area contributed by atoms with Crippen molar-refractivity contribution in [3.63, 3.8) is 0 Å². The molecule has 0 saturated heterocycles. The number of ether oxygens (including phenoxy) is 1. The molecule has 0 unspecified atom stereocenters. The van der Waals surface area contributed by atoms with Crippen LogP contribution in [-0.2, 0) is 14.3 Å². The maximum Gasteiger partial charge on any atom is 0.306 e. The maximum absolute atomic E-state index is 11.5. The van der Waals surface area contributed by atoms with Crippen molar-refractivity contribution in [1.82, 2.24) is 4.90 Å². The van der Waals surface area contributed by atoms with Crippen LogP contribution < -0.4 is 0 Å². The fraction of sp³-hybridized carbons (Fsp3) is 0.857. The van der Waals surface area contributed by atoms with Gasteiger partial charge in [0.2, 0.25) is 5.91 Å². The van der Waals surface area contributed by atoms with Crippen molar-refractivity contribution < 1.29 is 14.3 Å². The highest BCUT2D eigenvalue weighted by Gasteiger charge is 2.27. The molecule has 1 saturated carbocycles. The Balaban J connectivity index is 2.36. The summed E-state index contributed by atoms with van der Waals surface area (Å²) in [6.07, 6.45) is 4.60. The molecule has 0 aromatic rings. The monoisotopic (exact) mass is 255 g/mol. The van der Waals surface area contributed by atoms with Gasteiger partial charge in [0.05, 0.1) is 6.61 Å². The van der Waals surface area contributed by atoms with E-state index in [0.717, 1.165) is 32.2 Å². The molecule has 104 valence electrons. The third kappa shape index (κ3) is 4.31. The first kappa shape index (κ1) is 15.0. The minimum atomic E-state index is -0.0835. The van der Waals surface area contributed by atoms with Crippen LogP contribution in [0.1, 0.15) is 52.9 Å². The van der Waals surface area contributed by atoms with Crippen LogP contribution >= 0.6 is 0 Å². The van der Waals surface area contributed by atoms with Gasteiger partial charge in [-0.3, -0.25) is 9.59 Å². The Morgan fingerprint density at radius 1 is 1.17 bits per heavy atom. The lowest BCUT2D eigenvalue weighted by atomic mass is 9.83. The second kappa shape index (κ2) is 7.39. The van der Waals surface area contributed by atoms with E-state index in [0.29, 0.717) is 25.0 Å². The zero-order valence-corrected chi connectivity index (χ0v) is 11.8. The normalized spacial score (nSPS) is 23.5. The van der Waals surface area contributed by atoms with Gasteiger partial charge in [0.25, 0.3) is 0 Å². The Morgan fingerprint density at radius 2 is 1.78 bits per heavy atom.